The summed E-state index contributed by atoms with van der Waals surface area (Å²) in [6.07, 6.45) is 2.34. The van der Waals surface area contributed by atoms with Gasteiger partial charge in [0.1, 0.15) is 18.0 Å². The molecule has 0 spiro atoms. The third-order valence-electron chi connectivity index (χ3n) is 5.66. The van der Waals surface area contributed by atoms with Crippen molar-refractivity contribution < 1.29 is 23.5 Å². The topological polar surface area (TPSA) is 93.9 Å². The Labute approximate surface area is 207 Å². The molecule has 0 bridgehead atoms. The van der Waals surface area contributed by atoms with Crippen LogP contribution in [-0.2, 0) is 25.7 Å². The number of carbonyl (C=O) groups excluding carboxylic acids is 3. The Bertz CT molecular complexity index is 1120. The van der Waals surface area contributed by atoms with Crippen LogP contribution < -0.4 is 10.5 Å². The van der Waals surface area contributed by atoms with Gasteiger partial charge in [0.25, 0.3) is 0 Å². The van der Waals surface area contributed by atoms with Gasteiger partial charge in [-0.25, -0.2) is 4.79 Å². The van der Waals surface area contributed by atoms with Gasteiger partial charge in [0, 0.05) is 60.5 Å². The summed E-state index contributed by atoms with van der Waals surface area (Å²) in [6.45, 7) is 12.0. The Balaban J connectivity index is 2.00. The summed E-state index contributed by atoms with van der Waals surface area (Å²) in [5.41, 5.74) is 0.703. The molecule has 1 aromatic heterocycles. The maximum atomic E-state index is 12.4. The first-order chi connectivity index (χ1) is 16.2. The lowest BCUT2D eigenvalue weighted by Crippen LogP contribution is -2.28. The number of Topliss-reactive ketones (excluding diaryl/α,β-unsaturated/α-hetero) is 2. The van der Waals surface area contributed by atoms with Gasteiger partial charge >= 0.3 is 11.6 Å². The molecule has 7 heteroatoms. The van der Waals surface area contributed by atoms with Gasteiger partial charge < -0.3 is 14.1 Å². The van der Waals surface area contributed by atoms with E-state index in [9.17, 15) is 19.2 Å². The largest absolute Gasteiger partial charge is 0.461 e. The van der Waals surface area contributed by atoms with Crippen LogP contribution in [0.15, 0.2) is 33.5 Å². The number of nitrogens with zero attached hydrogens (tertiary/aromatic N) is 1. The predicted octanol–water partition coefficient (Wildman–Crippen LogP) is 5.45. The number of likely N-dealkylation sites (N-methyl/N-ethyl adjacent to an activating group) is 1. The van der Waals surface area contributed by atoms with Gasteiger partial charge in [0.15, 0.2) is 5.78 Å². The molecule has 1 heterocycles. The molecule has 0 aliphatic rings. The minimum Gasteiger partial charge on any atom is -0.461 e. The molecule has 0 saturated heterocycles. The van der Waals surface area contributed by atoms with E-state index in [1.54, 1.807) is 12.1 Å². The second-order valence-electron chi connectivity index (χ2n) is 11.4. The summed E-state index contributed by atoms with van der Waals surface area (Å²) in [4.78, 5) is 50.4. The van der Waals surface area contributed by atoms with Gasteiger partial charge in [-0.3, -0.25) is 14.4 Å². The van der Waals surface area contributed by atoms with E-state index in [1.165, 1.54) is 6.07 Å². The standard InChI is InChI=1S/C28H39NO6/c1-27(2,3)16-21(30)17-29(7)20-12-13-22-19(14-26(33)35-23(22)15-20)18-34-25(32)11-9-8-10-24(31)28(4,5)6/h12-15H,8-11,16-18H2,1-7H3. The highest BCUT2D eigenvalue weighted by molar-refractivity contribution is 5.87. The normalized spacial score (nSPS) is 12.0. The number of fused-ring (bicyclic) bond motifs is 1. The van der Waals surface area contributed by atoms with E-state index in [-0.39, 0.29) is 47.9 Å². The average molecular weight is 486 g/mol. The smallest absolute Gasteiger partial charge is 0.336 e. The highest BCUT2D eigenvalue weighted by Gasteiger charge is 2.20. The van der Waals surface area contributed by atoms with Crippen LogP contribution in [0, 0.1) is 10.8 Å². The minimum atomic E-state index is -0.534. The van der Waals surface area contributed by atoms with E-state index in [4.69, 9.17) is 9.15 Å². The Morgan fingerprint density at radius 2 is 1.63 bits per heavy atom. The summed E-state index contributed by atoms with van der Waals surface area (Å²) in [6, 6.07) is 6.70. The van der Waals surface area contributed by atoms with Crippen LogP contribution in [0.5, 0.6) is 0 Å². The fourth-order valence-corrected chi connectivity index (χ4v) is 3.74. The zero-order valence-electron chi connectivity index (χ0n) is 22.2. The molecule has 0 N–H and O–H groups in total. The first-order valence-electron chi connectivity index (χ1n) is 12.1. The van der Waals surface area contributed by atoms with Crippen molar-refractivity contribution in [2.45, 2.75) is 80.3 Å². The molecule has 1 aromatic carbocycles. The van der Waals surface area contributed by atoms with E-state index >= 15 is 0 Å². The number of benzene rings is 1. The van der Waals surface area contributed by atoms with Crippen molar-refractivity contribution in [2.75, 3.05) is 18.5 Å². The first kappa shape index (κ1) is 28.3. The number of hydrogen-bond donors (Lipinski definition) is 0. The molecule has 192 valence electrons. The molecule has 0 atom stereocenters. The quantitative estimate of drug-likeness (QED) is 0.237. The van der Waals surface area contributed by atoms with Gasteiger partial charge in [-0.05, 0) is 30.4 Å². The molecule has 0 unspecified atom stereocenters. The van der Waals surface area contributed by atoms with E-state index < -0.39 is 5.63 Å². The van der Waals surface area contributed by atoms with Crippen molar-refractivity contribution in [3.05, 3.63) is 40.2 Å². The summed E-state index contributed by atoms with van der Waals surface area (Å²) < 4.78 is 10.8. The summed E-state index contributed by atoms with van der Waals surface area (Å²) >= 11 is 0. The number of hydrogen-bond acceptors (Lipinski definition) is 7. The summed E-state index contributed by atoms with van der Waals surface area (Å²) in [5.74, 6) is -0.0646. The molecular formula is C28H39NO6. The highest BCUT2D eigenvalue weighted by Crippen LogP contribution is 2.25. The second-order valence-corrected chi connectivity index (χ2v) is 11.4. The Hall–Kier alpha value is -2.96. The van der Waals surface area contributed by atoms with Gasteiger partial charge in [-0.1, -0.05) is 41.5 Å². The number of unbranched alkanes of at least 4 members (excludes halogenated alkanes) is 1. The van der Waals surface area contributed by atoms with E-state index in [1.807, 2.05) is 59.6 Å². The van der Waals surface area contributed by atoms with E-state index in [2.05, 4.69) is 0 Å². The molecule has 2 rings (SSSR count). The molecule has 0 aliphatic heterocycles. The lowest BCUT2D eigenvalue weighted by Gasteiger charge is -2.22. The van der Waals surface area contributed by atoms with Crippen molar-refractivity contribution in [2.24, 2.45) is 10.8 Å². The van der Waals surface area contributed by atoms with Crippen molar-refractivity contribution in [3.63, 3.8) is 0 Å². The zero-order valence-corrected chi connectivity index (χ0v) is 22.2. The van der Waals surface area contributed by atoms with Crippen LogP contribution in [-0.4, -0.2) is 31.1 Å². The molecule has 0 radical (unpaired) electrons. The minimum absolute atomic E-state index is 0.0406. The highest BCUT2D eigenvalue weighted by atomic mass is 16.5. The summed E-state index contributed by atoms with van der Waals surface area (Å²) in [5, 5.41) is 0.673. The number of rotatable bonds is 11. The summed E-state index contributed by atoms with van der Waals surface area (Å²) in [7, 11) is 1.82. The van der Waals surface area contributed by atoms with Crippen molar-refractivity contribution in [3.8, 4) is 0 Å². The molecule has 35 heavy (non-hydrogen) atoms. The SMILES string of the molecule is CN(CC(=O)CC(C)(C)C)c1ccc2c(COC(=O)CCCCC(=O)C(C)(C)C)cc(=O)oc2c1. The Morgan fingerprint density at radius 1 is 0.971 bits per heavy atom. The van der Waals surface area contributed by atoms with Gasteiger partial charge in [0.05, 0.1) is 6.54 Å². The van der Waals surface area contributed by atoms with E-state index in [0.717, 1.165) is 5.69 Å². The van der Waals surface area contributed by atoms with Crippen molar-refractivity contribution >= 4 is 34.2 Å². The van der Waals surface area contributed by atoms with Crippen LogP contribution in [0.1, 0.15) is 79.2 Å². The van der Waals surface area contributed by atoms with Gasteiger partial charge in [-0.15, -0.1) is 0 Å². The van der Waals surface area contributed by atoms with Gasteiger partial charge in [-0.2, -0.15) is 0 Å². The maximum Gasteiger partial charge on any atom is 0.336 e. The van der Waals surface area contributed by atoms with Crippen LogP contribution in [0.2, 0.25) is 0 Å². The third kappa shape index (κ3) is 9.30. The Morgan fingerprint density at radius 3 is 2.26 bits per heavy atom. The zero-order chi connectivity index (χ0) is 26.4. The monoisotopic (exact) mass is 485 g/mol. The van der Waals surface area contributed by atoms with Crippen molar-refractivity contribution in [1.82, 2.24) is 0 Å². The fraction of sp³-hybridized carbons (Fsp3) is 0.571. The van der Waals surface area contributed by atoms with Crippen LogP contribution >= 0.6 is 0 Å². The van der Waals surface area contributed by atoms with Crippen LogP contribution in [0.25, 0.3) is 11.0 Å². The molecular weight excluding hydrogens is 446 g/mol. The number of esters is 1. The number of anilines is 1. The van der Waals surface area contributed by atoms with Crippen molar-refractivity contribution in [1.29, 1.82) is 0 Å². The number of carbonyl (C=O) groups is 3. The lowest BCUT2D eigenvalue weighted by atomic mass is 9.88. The number of ether oxygens (including phenoxy) is 1. The molecule has 7 nitrogen and oxygen atoms in total. The van der Waals surface area contributed by atoms with Gasteiger partial charge in [0.2, 0.25) is 0 Å². The lowest BCUT2D eigenvalue weighted by molar-refractivity contribution is -0.145. The fourth-order valence-electron chi connectivity index (χ4n) is 3.74. The molecule has 0 amide bonds. The molecule has 0 fully saturated rings. The molecule has 0 aliphatic carbocycles. The molecule has 0 saturated carbocycles. The maximum absolute atomic E-state index is 12.4. The van der Waals surface area contributed by atoms with E-state index in [0.29, 0.717) is 42.2 Å². The third-order valence-corrected chi connectivity index (χ3v) is 5.66. The first-order valence-corrected chi connectivity index (χ1v) is 12.1. The predicted molar refractivity (Wildman–Crippen MR) is 138 cm³/mol. The number of ketones is 2. The second kappa shape index (κ2) is 11.6. The molecule has 2 aromatic rings. The van der Waals surface area contributed by atoms with Crippen LogP contribution in [0.3, 0.4) is 0 Å². The van der Waals surface area contributed by atoms with Crippen LogP contribution in [0.4, 0.5) is 5.69 Å². The average Bonchev–Trinajstić information content (AvgIpc) is 2.72. The Kier molecular flexibility index (Phi) is 9.41.